The van der Waals surface area contributed by atoms with Crippen molar-refractivity contribution in [3.8, 4) is 11.3 Å². The molecule has 2 unspecified atom stereocenters. The van der Waals surface area contributed by atoms with Gasteiger partial charge in [0.1, 0.15) is 11.5 Å². The van der Waals surface area contributed by atoms with Crippen LogP contribution in [-0.4, -0.2) is 45.0 Å². The molecule has 3 atom stereocenters. The first kappa shape index (κ1) is 24.9. The van der Waals surface area contributed by atoms with Gasteiger partial charge in [0.05, 0.1) is 30.5 Å². The summed E-state index contributed by atoms with van der Waals surface area (Å²) in [7, 11) is 1.38. The normalized spacial score (nSPS) is 22.6. The fourth-order valence-corrected chi connectivity index (χ4v) is 6.23. The molecule has 0 spiro atoms. The largest absolute Gasteiger partial charge is 0.469 e. The number of ether oxygens (including phenoxy) is 1. The molecular weight excluding hydrogens is 507 g/mol. The number of nitrogens with zero attached hydrogens (tertiary/aromatic N) is 4. The first-order chi connectivity index (χ1) is 19.3. The predicted molar refractivity (Wildman–Crippen MR) is 147 cm³/mol. The Morgan fingerprint density at radius 1 is 1.10 bits per heavy atom. The summed E-state index contributed by atoms with van der Waals surface area (Å²) < 4.78 is 22.0. The Hall–Kier alpha value is -4.07. The molecule has 1 aliphatic heterocycles. The molecule has 3 aliphatic rings. The average Bonchev–Trinajstić information content (AvgIpc) is 3.88. The van der Waals surface area contributed by atoms with E-state index in [9.17, 15) is 9.59 Å². The van der Waals surface area contributed by atoms with E-state index in [4.69, 9.17) is 14.8 Å². The van der Waals surface area contributed by atoms with Crippen LogP contribution in [0.5, 0.6) is 0 Å². The summed E-state index contributed by atoms with van der Waals surface area (Å²) in [6.45, 7) is 4.87. The van der Waals surface area contributed by atoms with Crippen LogP contribution in [-0.2, 0) is 21.4 Å². The van der Waals surface area contributed by atoms with Gasteiger partial charge in [0.25, 0.3) is 5.91 Å². The lowest BCUT2D eigenvalue weighted by Gasteiger charge is -2.35. The Morgan fingerprint density at radius 2 is 1.90 bits per heavy atom. The number of halogens is 1. The zero-order chi connectivity index (χ0) is 27.8. The van der Waals surface area contributed by atoms with Gasteiger partial charge in [-0.05, 0) is 73.4 Å². The summed E-state index contributed by atoms with van der Waals surface area (Å²) in [5, 5.41) is 4.77. The predicted octanol–water partition coefficient (Wildman–Crippen LogP) is 5.62. The number of methoxy groups -OCH3 is 1. The lowest BCUT2D eigenvalue weighted by Crippen LogP contribution is -2.39. The van der Waals surface area contributed by atoms with Crippen molar-refractivity contribution in [1.29, 1.82) is 0 Å². The van der Waals surface area contributed by atoms with Gasteiger partial charge in [0, 0.05) is 23.6 Å². The minimum absolute atomic E-state index is 0.0159. The van der Waals surface area contributed by atoms with Crippen molar-refractivity contribution in [2.24, 2.45) is 5.92 Å². The van der Waals surface area contributed by atoms with Gasteiger partial charge >= 0.3 is 5.97 Å². The average molecular weight is 539 g/mol. The molecule has 2 saturated carbocycles. The quantitative estimate of drug-likeness (QED) is 0.308. The second-order valence-electron chi connectivity index (χ2n) is 11.7. The highest BCUT2D eigenvalue weighted by molar-refractivity contribution is 5.93. The van der Waals surface area contributed by atoms with E-state index in [0.717, 1.165) is 30.5 Å². The smallest absolute Gasteiger partial charge is 0.309 e. The maximum atomic E-state index is 15.4. The van der Waals surface area contributed by atoms with Gasteiger partial charge in [-0.15, -0.1) is 0 Å². The van der Waals surface area contributed by atoms with E-state index in [1.807, 2.05) is 29.2 Å². The van der Waals surface area contributed by atoms with Crippen molar-refractivity contribution in [1.82, 2.24) is 19.5 Å². The molecule has 2 fully saturated rings. The monoisotopic (exact) mass is 538 g/mol. The molecule has 7 nitrogen and oxygen atoms in total. The van der Waals surface area contributed by atoms with Gasteiger partial charge < -0.3 is 9.64 Å². The van der Waals surface area contributed by atoms with Crippen LogP contribution in [0, 0.1) is 11.7 Å². The number of amides is 1. The number of carbonyl (C=O) groups excluding carboxylic acids is 2. The van der Waals surface area contributed by atoms with Crippen molar-refractivity contribution in [2.45, 2.75) is 56.9 Å². The van der Waals surface area contributed by atoms with E-state index in [2.05, 4.69) is 26.0 Å². The molecule has 40 heavy (non-hydrogen) atoms. The topological polar surface area (TPSA) is 76.8 Å². The van der Waals surface area contributed by atoms with Crippen LogP contribution in [0.4, 0.5) is 4.39 Å². The van der Waals surface area contributed by atoms with Gasteiger partial charge in [0.15, 0.2) is 5.65 Å². The fourth-order valence-electron chi connectivity index (χ4n) is 6.23. The summed E-state index contributed by atoms with van der Waals surface area (Å²) >= 11 is 0. The summed E-state index contributed by atoms with van der Waals surface area (Å²) in [5.74, 6) is -0.970. The lowest BCUT2D eigenvalue weighted by molar-refractivity contribution is -0.142. The minimum Gasteiger partial charge on any atom is -0.469 e. The van der Waals surface area contributed by atoms with Gasteiger partial charge in [-0.2, -0.15) is 5.10 Å². The molecule has 1 amide bonds. The van der Waals surface area contributed by atoms with Crippen molar-refractivity contribution in [3.05, 3.63) is 88.5 Å². The molecule has 0 radical (unpaired) electrons. The molecule has 3 heterocycles. The van der Waals surface area contributed by atoms with E-state index in [1.54, 1.807) is 16.6 Å². The van der Waals surface area contributed by atoms with Crippen molar-refractivity contribution in [3.63, 3.8) is 0 Å². The molecule has 0 N–H and O–H groups in total. The third kappa shape index (κ3) is 4.00. The lowest BCUT2D eigenvalue weighted by atomic mass is 9.93. The van der Waals surface area contributed by atoms with E-state index in [0.29, 0.717) is 35.6 Å². The second kappa shape index (κ2) is 8.98. The van der Waals surface area contributed by atoms with E-state index < -0.39 is 5.82 Å². The van der Waals surface area contributed by atoms with Crippen LogP contribution >= 0.6 is 0 Å². The van der Waals surface area contributed by atoms with E-state index in [-0.39, 0.29) is 35.2 Å². The molecule has 0 bridgehead atoms. The fraction of sp³-hybridized carbons (Fsp3) is 0.375. The zero-order valence-electron chi connectivity index (χ0n) is 22.9. The summed E-state index contributed by atoms with van der Waals surface area (Å²) in [6, 6.07) is 16.9. The van der Waals surface area contributed by atoms with Crippen molar-refractivity contribution < 1.29 is 18.7 Å². The van der Waals surface area contributed by atoms with Crippen LogP contribution < -0.4 is 0 Å². The third-order valence-electron chi connectivity index (χ3n) is 9.11. The van der Waals surface area contributed by atoms with Crippen LogP contribution in [0.25, 0.3) is 16.9 Å². The van der Waals surface area contributed by atoms with E-state index >= 15 is 4.39 Å². The number of carbonyl (C=O) groups is 2. The number of rotatable bonds is 5. The number of benzene rings is 2. The zero-order valence-corrected chi connectivity index (χ0v) is 22.9. The third-order valence-corrected chi connectivity index (χ3v) is 9.11. The molecule has 2 aromatic heterocycles. The molecule has 2 aliphatic carbocycles. The van der Waals surface area contributed by atoms with Gasteiger partial charge in [-0.25, -0.2) is 13.9 Å². The first-order valence-electron chi connectivity index (χ1n) is 13.9. The van der Waals surface area contributed by atoms with Crippen molar-refractivity contribution in [2.75, 3.05) is 13.7 Å². The standard InChI is InChI=1S/C32H31FN4O3/c1-18-21-7-5-4-6-19(21)10-13-36(18)30(38)27-16-28(32(2)11-12-32)37-29(34-27)17-26(35-37)22-9-8-20(14-25(22)33)23-15-24(23)31(39)40-3/h4-9,14,16-18,23-24H,10-13,15H2,1-3H3/t18-,23?,24?/m1/s1. The summed E-state index contributed by atoms with van der Waals surface area (Å²) in [4.78, 5) is 32.3. The van der Waals surface area contributed by atoms with Crippen molar-refractivity contribution >= 4 is 17.5 Å². The number of hydrogen-bond acceptors (Lipinski definition) is 5. The number of aromatic nitrogens is 3. The molecule has 8 heteroatoms. The van der Waals surface area contributed by atoms with E-state index in [1.165, 1.54) is 24.3 Å². The number of hydrogen-bond donors (Lipinski definition) is 0. The number of fused-ring (bicyclic) bond motifs is 2. The molecular formula is C32H31FN4O3. The van der Waals surface area contributed by atoms with Crippen LogP contribution in [0.1, 0.15) is 77.9 Å². The maximum absolute atomic E-state index is 15.4. The Labute approximate surface area is 232 Å². The highest BCUT2D eigenvalue weighted by Gasteiger charge is 2.45. The second-order valence-corrected chi connectivity index (χ2v) is 11.7. The maximum Gasteiger partial charge on any atom is 0.309 e. The molecule has 4 aromatic rings. The highest BCUT2D eigenvalue weighted by atomic mass is 19.1. The number of esters is 1. The van der Waals surface area contributed by atoms with Gasteiger partial charge in [0.2, 0.25) is 0 Å². The molecule has 204 valence electrons. The molecule has 7 rings (SSSR count). The Kier molecular flexibility index (Phi) is 5.60. The molecule has 2 aromatic carbocycles. The summed E-state index contributed by atoms with van der Waals surface area (Å²) in [5.41, 5.74) is 5.83. The SMILES string of the molecule is COC(=O)C1CC1c1ccc(-c2cc3nc(C(=O)N4CCc5ccccc5[C@H]4C)cc(C4(C)CC4)n3n2)c(F)c1. The van der Waals surface area contributed by atoms with Gasteiger partial charge in [-0.1, -0.05) is 37.3 Å². The van der Waals surface area contributed by atoms with Crippen LogP contribution in [0.15, 0.2) is 54.6 Å². The van der Waals surface area contributed by atoms with Gasteiger partial charge in [-0.3, -0.25) is 9.59 Å². The Balaban J connectivity index is 1.24. The Bertz CT molecular complexity index is 1690. The molecule has 0 saturated heterocycles. The summed E-state index contributed by atoms with van der Waals surface area (Å²) in [6.07, 6.45) is 3.47. The first-order valence-corrected chi connectivity index (χ1v) is 13.9. The minimum atomic E-state index is -0.396. The highest BCUT2D eigenvalue weighted by Crippen LogP contribution is 2.49. The van der Waals surface area contributed by atoms with Crippen LogP contribution in [0.2, 0.25) is 0 Å². The van der Waals surface area contributed by atoms with Crippen LogP contribution in [0.3, 0.4) is 0 Å². The Morgan fingerprint density at radius 3 is 2.65 bits per heavy atom.